The second-order valence-corrected chi connectivity index (χ2v) is 6.29. The average molecular weight is 310 g/mol. The van der Waals surface area contributed by atoms with E-state index in [0.29, 0.717) is 11.4 Å². The van der Waals surface area contributed by atoms with Crippen LogP contribution in [0.1, 0.15) is 54.0 Å². The number of hydrogen-bond donors (Lipinski definition) is 0. The van der Waals surface area contributed by atoms with E-state index < -0.39 is 11.9 Å². The number of aromatic nitrogens is 1. The van der Waals surface area contributed by atoms with Crippen molar-refractivity contribution in [2.45, 2.75) is 32.1 Å². The summed E-state index contributed by atoms with van der Waals surface area (Å²) in [5, 5.41) is 9.50. The van der Waals surface area contributed by atoms with Crippen molar-refractivity contribution in [1.82, 2.24) is 4.98 Å². The lowest BCUT2D eigenvalue weighted by Gasteiger charge is -2.22. The highest BCUT2D eigenvalue weighted by molar-refractivity contribution is 5.99. The molecule has 0 fully saturated rings. The van der Waals surface area contributed by atoms with Gasteiger partial charge in [0, 0.05) is 11.1 Å². The zero-order valence-electron chi connectivity index (χ0n) is 13.6. The highest BCUT2D eigenvalue weighted by Crippen LogP contribution is 2.30. The van der Waals surface area contributed by atoms with E-state index in [-0.39, 0.29) is 22.3 Å². The van der Waals surface area contributed by atoms with Crippen LogP contribution in [0.2, 0.25) is 0 Å². The first kappa shape index (κ1) is 16.6. The quantitative estimate of drug-likeness (QED) is 0.785. The first-order valence-electron chi connectivity index (χ1n) is 7.22. The van der Waals surface area contributed by atoms with Crippen LogP contribution in [0.5, 0.6) is 0 Å². The van der Waals surface area contributed by atoms with E-state index in [4.69, 9.17) is 4.74 Å². The molecule has 0 radical (unpaired) electrons. The van der Waals surface area contributed by atoms with Crippen molar-refractivity contribution in [2.24, 2.45) is 0 Å². The van der Waals surface area contributed by atoms with E-state index in [1.807, 2.05) is 26.8 Å². The van der Waals surface area contributed by atoms with E-state index in [9.17, 15) is 14.9 Å². The molecule has 1 aliphatic carbocycles. The number of methoxy groups -OCH3 is 1. The number of esters is 1. The molecule has 1 atom stereocenters. The van der Waals surface area contributed by atoms with Gasteiger partial charge in [0.1, 0.15) is 6.07 Å². The van der Waals surface area contributed by atoms with E-state index >= 15 is 0 Å². The number of ether oxygens (including phenoxy) is 1. The van der Waals surface area contributed by atoms with Crippen LogP contribution in [-0.4, -0.2) is 23.8 Å². The molecule has 0 aliphatic heterocycles. The maximum absolute atomic E-state index is 12.2. The monoisotopic (exact) mass is 310 g/mol. The fourth-order valence-electron chi connectivity index (χ4n) is 2.31. The van der Waals surface area contributed by atoms with Crippen LogP contribution in [0.4, 0.5) is 0 Å². The molecule has 1 aliphatic rings. The lowest BCUT2D eigenvalue weighted by Crippen LogP contribution is -2.22. The molecule has 0 saturated heterocycles. The van der Waals surface area contributed by atoms with Gasteiger partial charge in [-0.25, -0.2) is 4.79 Å². The van der Waals surface area contributed by atoms with Gasteiger partial charge in [-0.05, 0) is 12.1 Å². The van der Waals surface area contributed by atoms with Gasteiger partial charge in [0.2, 0.25) is 0 Å². The Kier molecular flexibility index (Phi) is 4.46. The zero-order chi connectivity index (χ0) is 17.2. The Bertz CT molecular complexity index is 762. The van der Waals surface area contributed by atoms with Crippen LogP contribution in [-0.2, 0) is 14.9 Å². The Balaban J connectivity index is 2.76. The molecule has 1 aromatic heterocycles. The molecular formula is C18H18N2O3. The number of rotatable bonds is 2. The van der Waals surface area contributed by atoms with Crippen LogP contribution in [0.3, 0.4) is 0 Å². The number of ketones is 1. The summed E-state index contributed by atoms with van der Waals surface area (Å²) in [5.74, 6) is -1.45. The summed E-state index contributed by atoms with van der Waals surface area (Å²) in [7, 11) is 1.26. The van der Waals surface area contributed by atoms with Crippen LogP contribution in [0.25, 0.3) is 0 Å². The molecule has 2 rings (SSSR count). The minimum Gasteiger partial charge on any atom is -0.465 e. The number of allylic oxidation sites excluding steroid dienone is 4. The Morgan fingerprint density at radius 2 is 2.04 bits per heavy atom. The smallest absolute Gasteiger partial charge is 0.339 e. The molecule has 0 N–H and O–H groups in total. The Morgan fingerprint density at radius 3 is 2.57 bits per heavy atom. The summed E-state index contributed by atoms with van der Waals surface area (Å²) in [6, 6.07) is 3.57. The van der Waals surface area contributed by atoms with Gasteiger partial charge >= 0.3 is 5.97 Å². The maximum atomic E-state index is 12.2. The molecule has 0 spiro atoms. The minimum absolute atomic E-state index is 0.0863. The predicted molar refractivity (Wildman–Crippen MR) is 85.0 cm³/mol. The normalized spacial score (nSPS) is 17.0. The topological polar surface area (TPSA) is 80.0 Å². The summed E-state index contributed by atoms with van der Waals surface area (Å²) in [6.07, 6.45) is 6.49. The van der Waals surface area contributed by atoms with Crippen molar-refractivity contribution in [1.29, 1.82) is 5.26 Å². The number of hydrogen-bond acceptors (Lipinski definition) is 5. The molecular weight excluding hydrogens is 292 g/mol. The fourth-order valence-corrected chi connectivity index (χ4v) is 2.31. The van der Waals surface area contributed by atoms with Crippen LogP contribution < -0.4 is 0 Å². The second-order valence-electron chi connectivity index (χ2n) is 6.29. The summed E-state index contributed by atoms with van der Waals surface area (Å²) < 4.78 is 4.78. The van der Waals surface area contributed by atoms with E-state index in [0.717, 1.165) is 0 Å². The third kappa shape index (κ3) is 3.21. The summed E-state index contributed by atoms with van der Waals surface area (Å²) in [6.45, 7) is 5.85. The zero-order valence-corrected chi connectivity index (χ0v) is 13.6. The van der Waals surface area contributed by atoms with Gasteiger partial charge in [-0.2, -0.15) is 5.26 Å². The SMILES string of the molecule is COC(=O)c1cc(C(C)(C)C)nc(C2C=CC=CC2=O)c1C#N. The van der Waals surface area contributed by atoms with Crippen molar-refractivity contribution in [3.05, 3.63) is 52.9 Å². The molecule has 5 heteroatoms. The van der Waals surface area contributed by atoms with Crippen molar-refractivity contribution in [3.8, 4) is 6.07 Å². The van der Waals surface area contributed by atoms with Crippen molar-refractivity contribution in [2.75, 3.05) is 7.11 Å². The first-order chi connectivity index (χ1) is 10.8. The number of pyridine rings is 1. The molecule has 5 nitrogen and oxygen atoms in total. The average Bonchev–Trinajstić information content (AvgIpc) is 2.52. The standard InChI is InChI=1S/C18H18N2O3/c1-18(2,3)15-9-12(17(22)23-4)13(10-19)16(20-15)11-7-5-6-8-14(11)21/h5-9,11H,1-4H3. The minimum atomic E-state index is -0.666. The number of carbonyl (C=O) groups is 2. The molecule has 23 heavy (non-hydrogen) atoms. The molecule has 0 amide bonds. The lowest BCUT2D eigenvalue weighted by molar-refractivity contribution is -0.115. The van der Waals surface area contributed by atoms with E-state index in [1.165, 1.54) is 13.2 Å². The molecule has 0 aromatic carbocycles. The Morgan fingerprint density at radius 1 is 1.35 bits per heavy atom. The molecule has 1 unspecified atom stereocenters. The van der Waals surface area contributed by atoms with Crippen molar-refractivity contribution in [3.63, 3.8) is 0 Å². The summed E-state index contributed by atoms with van der Waals surface area (Å²) >= 11 is 0. The predicted octanol–water partition coefficient (Wildman–Crippen LogP) is 2.82. The molecule has 0 bridgehead atoms. The van der Waals surface area contributed by atoms with Gasteiger partial charge in [-0.15, -0.1) is 0 Å². The second kappa shape index (κ2) is 6.17. The van der Waals surface area contributed by atoms with Crippen molar-refractivity contribution >= 4 is 11.8 Å². The summed E-state index contributed by atoms with van der Waals surface area (Å²) in [5.41, 5.74) is 0.806. The number of nitrogens with zero attached hydrogens (tertiary/aromatic N) is 2. The van der Waals surface area contributed by atoms with Crippen LogP contribution >= 0.6 is 0 Å². The third-order valence-electron chi connectivity index (χ3n) is 3.61. The van der Waals surface area contributed by atoms with Gasteiger partial charge in [0.25, 0.3) is 0 Å². The third-order valence-corrected chi connectivity index (χ3v) is 3.61. The van der Waals surface area contributed by atoms with E-state index in [2.05, 4.69) is 4.98 Å². The molecule has 1 aromatic rings. The van der Waals surface area contributed by atoms with Gasteiger partial charge in [-0.3, -0.25) is 9.78 Å². The van der Waals surface area contributed by atoms with Gasteiger partial charge in [0.05, 0.1) is 29.8 Å². The Labute approximate surface area is 135 Å². The highest BCUT2D eigenvalue weighted by atomic mass is 16.5. The number of carbonyl (C=O) groups excluding carboxylic acids is 2. The van der Waals surface area contributed by atoms with Gasteiger partial charge < -0.3 is 4.74 Å². The lowest BCUT2D eigenvalue weighted by atomic mass is 9.86. The van der Waals surface area contributed by atoms with Crippen LogP contribution in [0.15, 0.2) is 30.4 Å². The largest absolute Gasteiger partial charge is 0.465 e. The molecule has 118 valence electrons. The maximum Gasteiger partial charge on any atom is 0.339 e. The van der Waals surface area contributed by atoms with Gasteiger partial charge in [0.15, 0.2) is 5.78 Å². The van der Waals surface area contributed by atoms with Gasteiger partial charge in [-0.1, -0.05) is 39.0 Å². The van der Waals surface area contributed by atoms with Crippen LogP contribution in [0, 0.1) is 11.3 Å². The first-order valence-corrected chi connectivity index (χ1v) is 7.22. The summed E-state index contributed by atoms with van der Waals surface area (Å²) in [4.78, 5) is 28.8. The van der Waals surface area contributed by atoms with E-state index in [1.54, 1.807) is 24.3 Å². The van der Waals surface area contributed by atoms with Crippen molar-refractivity contribution < 1.29 is 14.3 Å². The Hall–Kier alpha value is -2.74. The molecule has 0 saturated carbocycles. The highest BCUT2D eigenvalue weighted by Gasteiger charge is 2.29. The fraction of sp³-hybridized carbons (Fsp3) is 0.333. The molecule has 1 heterocycles. The number of nitriles is 1.